The van der Waals surface area contributed by atoms with Gasteiger partial charge in [-0.1, -0.05) is 37.2 Å². The number of anilines is 1. The third-order valence-corrected chi connectivity index (χ3v) is 3.76. The van der Waals surface area contributed by atoms with Gasteiger partial charge in [0.15, 0.2) is 0 Å². The van der Waals surface area contributed by atoms with Crippen molar-refractivity contribution in [2.24, 2.45) is 0 Å². The van der Waals surface area contributed by atoms with Gasteiger partial charge in [0.05, 0.1) is 5.75 Å². The van der Waals surface area contributed by atoms with Gasteiger partial charge in [-0.15, -0.1) is 10.2 Å². The molecule has 1 N–H and O–H groups in total. The maximum Gasteiger partial charge on any atom is 0.277 e. The lowest BCUT2D eigenvalue weighted by Gasteiger charge is -2.07. The van der Waals surface area contributed by atoms with Crippen LogP contribution in [-0.4, -0.2) is 21.9 Å². The molecule has 5 nitrogen and oxygen atoms in total. The topological polar surface area (TPSA) is 68.0 Å². The van der Waals surface area contributed by atoms with Gasteiger partial charge in [-0.25, -0.2) is 0 Å². The van der Waals surface area contributed by atoms with Gasteiger partial charge in [-0.3, -0.25) is 4.79 Å². The minimum atomic E-state index is -0.130. The van der Waals surface area contributed by atoms with E-state index in [2.05, 4.69) is 15.5 Å². The summed E-state index contributed by atoms with van der Waals surface area (Å²) >= 11 is 7.09. The molecule has 7 heteroatoms. The van der Waals surface area contributed by atoms with Crippen molar-refractivity contribution in [3.05, 3.63) is 34.7 Å². The van der Waals surface area contributed by atoms with Crippen LogP contribution in [0.4, 0.5) is 5.69 Å². The van der Waals surface area contributed by atoms with Gasteiger partial charge < -0.3 is 9.73 Å². The number of rotatable bonds is 5. The summed E-state index contributed by atoms with van der Waals surface area (Å²) in [7, 11) is 0. The van der Waals surface area contributed by atoms with E-state index in [0.29, 0.717) is 16.1 Å². The second-order valence-electron chi connectivity index (χ2n) is 4.86. The molecule has 1 amide bonds. The number of hydrogen-bond acceptors (Lipinski definition) is 5. The van der Waals surface area contributed by atoms with Crippen molar-refractivity contribution < 1.29 is 9.21 Å². The smallest absolute Gasteiger partial charge is 0.277 e. The predicted octanol–water partition coefficient (Wildman–Crippen LogP) is 3.89. The van der Waals surface area contributed by atoms with Crippen LogP contribution < -0.4 is 5.32 Å². The molecule has 112 valence electrons. The molecule has 0 aliphatic rings. The summed E-state index contributed by atoms with van der Waals surface area (Å²) in [5.41, 5.74) is 1.67. The molecule has 2 aromatic rings. The molecule has 0 unspecified atom stereocenters. The van der Waals surface area contributed by atoms with Crippen LogP contribution in [0.15, 0.2) is 27.8 Å². The van der Waals surface area contributed by atoms with Gasteiger partial charge in [-0.05, 0) is 30.7 Å². The average Bonchev–Trinajstić information content (AvgIpc) is 2.89. The van der Waals surface area contributed by atoms with Crippen molar-refractivity contribution in [2.45, 2.75) is 31.9 Å². The van der Waals surface area contributed by atoms with Gasteiger partial charge in [-0.2, -0.15) is 0 Å². The van der Waals surface area contributed by atoms with E-state index in [4.69, 9.17) is 16.0 Å². The SMILES string of the molecule is Cc1cc(Cl)ccc1NC(=O)CSc1nnc(C(C)C)o1. The summed E-state index contributed by atoms with van der Waals surface area (Å²) in [6.45, 7) is 5.83. The van der Waals surface area contributed by atoms with Crippen LogP contribution in [0.5, 0.6) is 0 Å². The van der Waals surface area contributed by atoms with E-state index in [-0.39, 0.29) is 17.6 Å². The molecule has 1 aromatic carbocycles. The van der Waals surface area contributed by atoms with E-state index >= 15 is 0 Å². The fourth-order valence-corrected chi connectivity index (χ4v) is 2.39. The predicted molar refractivity (Wildman–Crippen MR) is 83.9 cm³/mol. The van der Waals surface area contributed by atoms with Crippen molar-refractivity contribution in [3.63, 3.8) is 0 Å². The van der Waals surface area contributed by atoms with Gasteiger partial charge in [0, 0.05) is 16.6 Å². The number of aromatic nitrogens is 2. The average molecular weight is 326 g/mol. The molecule has 1 heterocycles. The summed E-state index contributed by atoms with van der Waals surface area (Å²) in [4.78, 5) is 11.9. The first kappa shape index (κ1) is 15.9. The van der Waals surface area contributed by atoms with Gasteiger partial charge in [0.25, 0.3) is 5.22 Å². The zero-order chi connectivity index (χ0) is 15.4. The molecule has 0 saturated heterocycles. The largest absolute Gasteiger partial charge is 0.416 e. The summed E-state index contributed by atoms with van der Waals surface area (Å²) in [5.74, 6) is 0.834. The zero-order valence-electron chi connectivity index (χ0n) is 12.0. The number of benzene rings is 1. The van der Waals surface area contributed by atoms with Crippen molar-refractivity contribution in [3.8, 4) is 0 Å². The molecule has 0 aliphatic heterocycles. The maximum absolute atomic E-state index is 11.9. The standard InChI is InChI=1S/C14H16ClN3O2S/c1-8(2)13-17-18-14(20-13)21-7-12(19)16-11-5-4-10(15)6-9(11)3/h4-6,8H,7H2,1-3H3,(H,16,19). The number of carbonyl (C=O) groups is 1. The number of carbonyl (C=O) groups excluding carboxylic acids is 1. The van der Waals surface area contributed by atoms with E-state index in [9.17, 15) is 4.79 Å². The maximum atomic E-state index is 11.9. The number of thioether (sulfide) groups is 1. The summed E-state index contributed by atoms with van der Waals surface area (Å²) in [5, 5.41) is 11.7. The van der Waals surface area contributed by atoms with Crippen molar-refractivity contribution in [1.82, 2.24) is 10.2 Å². The minimum absolute atomic E-state index is 0.130. The van der Waals surface area contributed by atoms with Crippen LogP contribution >= 0.6 is 23.4 Å². The fourth-order valence-electron chi connectivity index (χ4n) is 1.59. The molecule has 0 atom stereocenters. The third-order valence-electron chi connectivity index (χ3n) is 2.71. The monoisotopic (exact) mass is 325 g/mol. The summed E-state index contributed by atoms with van der Waals surface area (Å²) in [6.07, 6.45) is 0. The quantitative estimate of drug-likeness (QED) is 0.845. The van der Waals surface area contributed by atoms with Crippen LogP contribution in [0.3, 0.4) is 0 Å². The molecular weight excluding hydrogens is 310 g/mol. The highest BCUT2D eigenvalue weighted by molar-refractivity contribution is 7.99. The Labute approximate surface area is 132 Å². The third kappa shape index (κ3) is 4.47. The van der Waals surface area contributed by atoms with Gasteiger partial charge in [0.2, 0.25) is 11.8 Å². The Morgan fingerprint density at radius 2 is 2.19 bits per heavy atom. The van der Waals surface area contributed by atoms with E-state index in [1.165, 1.54) is 11.8 Å². The number of amides is 1. The number of nitrogens with one attached hydrogen (secondary N) is 1. The summed E-state index contributed by atoms with van der Waals surface area (Å²) < 4.78 is 5.43. The molecule has 0 radical (unpaired) electrons. The highest BCUT2D eigenvalue weighted by atomic mass is 35.5. The number of hydrogen-bond donors (Lipinski definition) is 1. The van der Waals surface area contributed by atoms with Crippen LogP contribution in [0.1, 0.15) is 31.2 Å². The van der Waals surface area contributed by atoms with Crippen LogP contribution in [0, 0.1) is 6.92 Å². The van der Waals surface area contributed by atoms with E-state index in [0.717, 1.165) is 11.3 Å². The Balaban J connectivity index is 1.89. The van der Waals surface area contributed by atoms with Gasteiger partial charge in [0.1, 0.15) is 0 Å². The molecule has 0 spiro atoms. The Bertz CT molecular complexity index is 643. The lowest BCUT2D eigenvalue weighted by molar-refractivity contribution is -0.113. The Morgan fingerprint density at radius 3 is 2.81 bits per heavy atom. The van der Waals surface area contributed by atoms with Crippen LogP contribution in [0.25, 0.3) is 0 Å². The second-order valence-corrected chi connectivity index (χ2v) is 6.22. The molecule has 0 aliphatic carbocycles. The van der Waals surface area contributed by atoms with Crippen molar-refractivity contribution in [2.75, 3.05) is 11.1 Å². The number of nitrogens with zero attached hydrogens (tertiary/aromatic N) is 2. The first-order valence-electron chi connectivity index (χ1n) is 6.48. The molecule has 21 heavy (non-hydrogen) atoms. The Hall–Kier alpha value is -1.53. The number of aryl methyl sites for hydroxylation is 1. The zero-order valence-corrected chi connectivity index (χ0v) is 13.6. The van der Waals surface area contributed by atoms with E-state index in [1.807, 2.05) is 20.8 Å². The minimum Gasteiger partial charge on any atom is -0.416 e. The highest BCUT2D eigenvalue weighted by Gasteiger charge is 2.12. The first-order chi connectivity index (χ1) is 9.95. The summed E-state index contributed by atoms with van der Waals surface area (Å²) in [6, 6.07) is 5.32. The van der Waals surface area contributed by atoms with Crippen molar-refractivity contribution >= 4 is 35.0 Å². The van der Waals surface area contributed by atoms with Crippen LogP contribution in [-0.2, 0) is 4.79 Å². The van der Waals surface area contributed by atoms with Crippen LogP contribution in [0.2, 0.25) is 5.02 Å². The van der Waals surface area contributed by atoms with Crippen molar-refractivity contribution in [1.29, 1.82) is 0 Å². The molecule has 2 rings (SSSR count). The lowest BCUT2D eigenvalue weighted by Crippen LogP contribution is -2.14. The normalized spacial score (nSPS) is 10.9. The molecule has 1 aromatic heterocycles. The highest BCUT2D eigenvalue weighted by Crippen LogP contribution is 2.22. The fraction of sp³-hybridized carbons (Fsp3) is 0.357. The molecule has 0 fully saturated rings. The Morgan fingerprint density at radius 1 is 1.43 bits per heavy atom. The van der Waals surface area contributed by atoms with E-state index < -0.39 is 0 Å². The number of halogens is 1. The second kappa shape index (κ2) is 6.95. The molecule has 0 bridgehead atoms. The molecular formula is C14H16ClN3O2S. The van der Waals surface area contributed by atoms with Gasteiger partial charge >= 0.3 is 0 Å². The molecule has 0 saturated carbocycles. The van der Waals surface area contributed by atoms with E-state index in [1.54, 1.807) is 18.2 Å². The Kier molecular flexibility index (Phi) is 5.25. The first-order valence-corrected chi connectivity index (χ1v) is 7.84. The lowest BCUT2D eigenvalue weighted by atomic mass is 10.2.